The van der Waals surface area contributed by atoms with Crippen LogP contribution in [0.15, 0.2) is 154 Å². The summed E-state index contributed by atoms with van der Waals surface area (Å²) >= 11 is 1.89. The number of furan rings is 2. The molecule has 0 saturated heterocycles. The average Bonchev–Trinajstić information content (AvgIpc) is 4.09. The summed E-state index contributed by atoms with van der Waals surface area (Å²) in [6.45, 7) is 16.4. The predicted octanol–water partition coefficient (Wildman–Crippen LogP) is 16.2. The highest BCUT2D eigenvalue weighted by Crippen LogP contribution is 2.50. The van der Waals surface area contributed by atoms with Gasteiger partial charge in [0.25, 0.3) is 0 Å². The van der Waals surface area contributed by atoms with Gasteiger partial charge in [0.2, 0.25) is 0 Å². The summed E-state index contributed by atoms with van der Waals surface area (Å²) in [5, 5.41) is 12.5. The number of anilines is 2. The first-order valence-corrected chi connectivity index (χ1v) is 25.0. The van der Waals surface area contributed by atoms with Crippen molar-refractivity contribution in [3.8, 4) is 28.1 Å². The molecule has 0 spiro atoms. The lowest BCUT2D eigenvalue weighted by atomic mass is 9.59. The number of hydrogen-bond donors (Lipinski definition) is 1. The minimum atomic E-state index is 0.0541. The maximum Gasteiger partial charge on any atom is 0.198 e. The molecule has 330 valence electrons. The highest BCUT2D eigenvalue weighted by molar-refractivity contribution is 7.25. The topological polar surface area (TPSA) is 43.2 Å². The van der Waals surface area contributed by atoms with Crippen LogP contribution in [0, 0.1) is 0 Å². The first kappa shape index (κ1) is 40.1. The monoisotopic (exact) mass is 898 g/mol. The lowest BCUT2D eigenvalue weighted by molar-refractivity contribution is 0.332. The molecule has 2 aliphatic rings. The van der Waals surface area contributed by atoms with Gasteiger partial charge in [-0.1, -0.05) is 127 Å². The number of nitrogens with one attached hydrogen (secondary N) is 1. The molecule has 4 nitrogen and oxygen atoms in total. The number of fused-ring (bicyclic) bond motifs is 13. The lowest BCUT2D eigenvalue weighted by Crippen LogP contribution is -2.37. The van der Waals surface area contributed by atoms with Crippen LogP contribution in [-0.2, 0) is 16.2 Å². The number of thiophene rings is 1. The number of aromatic nitrogens is 1. The molecule has 0 atom stereocenters. The van der Waals surface area contributed by atoms with Crippen LogP contribution in [0.2, 0.25) is 0 Å². The molecule has 8 aromatic carbocycles. The van der Waals surface area contributed by atoms with E-state index < -0.39 is 0 Å². The van der Waals surface area contributed by atoms with Crippen LogP contribution >= 0.6 is 11.3 Å². The van der Waals surface area contributed by atoms with Gasteiger partial charge in [0, 0.05) is 81.2 Å². The maximum atomic E-state index is 6.94. The Kier molecular flexibility index (Phi) is 8.13. The van der Waals surface area contributed by atoms with Crippen LogP contribution in [-0.4, -0.2) is 11.8 Å². The van der Waals surface area contributed by atoms with Crippen LogP contribution in [0.3, 0.4) is 0 Å². The Morgan fingerprint density at radius 1 is 0.588 bits per heavy atom. The van der Waals surface area contributed by atoms with Gasteiger partial charge in [-0.05, 0) is 124 Å². The molecule has 1 aliphatic carbocycles. The van der Waals surface area contributed by atoms with Crippen molar-refractivity contribution in [2.75, 3.05) is 5.32 Å². The fraction of sp³-hybridized carbons (Fsp3) is 0.194. The Bertz CT molecular complexity index is 4120. The van der Waals surface area contributed by atoms with E-state index in [4.69, 9.17) is 8.83 Å². The minimum Gasteiger partial charge on any atom is -0.456 e. The molecule has 1 aliphatic heterocycles. The van der Waals surface area contributed by atoms with Gasteiger partial charge in [0.15, 0.2) is 7.28 Å². The van der Waals surface area contributed by atoms with E-state index in [-0.39, 0.29) is 16.2 Å². The SMILES string of the molecule is CC(C)(C)c1ccc(Nc2cc3oc4cc5c(cc4c3cc2-c2ccc3c4cc6sc7ccccc7c6cc4n4c3c2Bc2cc3oc(-c6ccccc6)cc3cc2-4)C(C)(C)CCC5(C)C)cc1. The molecular formula is C62H51BN2O2S. The highest BCUT2D eigenvalue weighted by Gasteiger charge is 2.38. The highest BCUT2D eigenvalue weighted by atomic mass is 32.1. The second-order valence-corrected chi connectivity index (χ2v) is 23.2. The van der Waals surface area contributed by atoms with Crippen molar-refractivity contribution in [3.63, 3.8) is 0 Å². The summed E-state index contributed by atoms with van der Waals surface area (Å²) in [4.78, 5) is 0. The van der Waals surface area contributed by atoms with Gasteiger partial charge >= 0.3 is 0 Å². The van der Waals surface area contributed by atoms with E-state index in [2.05, 4.69) is 204 Å². The second kappa shape index (κ2) is 13.8. The zero-order valence-corrected chi connectivity index (χ0v) is 40.5. The molecule has 0 radical (unpaired) electrons. The van der Waals surface area contributed by atoms with Crippen molar-refractivity contribution in [2.45, 2.75) is 77.6 Å². The van der Waals surface area contributed by atoms with Crippen LogP contribution in [0.25, 0.3) is 103 Å². The van der Waals surface area contributed by atoms with Gasteiger partial charge in [-0.3, -0.25) is 0 Å². The van der Waals surface area contributed by atoms with Crippen molar-refractivity contribution in [1.29, 1.82) is 0 Å². The fourth-order valence-electron chi connectivity index (χ4n) is 11.9. The van der Waals surface area contributed by atoms with Crippen LogP contribution < -0.4 is 16.2 Å². The Morgan fingerprint density at radius 2 is 1.32 bits per heavy atom. The summed E-state index contributed by atoms with van der Waals surface area (Å²) in [6, 6.07) is 54.3. The number of nitrogens with zero attached hydrogens (tertiary/aromatic N) is 1. The van der Waals surface area contributed by atoms with E-state index >= 15 is 0 Å². The first-order valence-electron chi connectivity index (χ1n) is 24.2. The number of hydrogen-bond acceptors (Lipinski definition) is 4. The molecule has 0 saturated carbocycles. The van der Waals surface area contributed by atoms with Gasteiger partial charge in [-0.25, -0.2) is 0 Å². The zero-order valence-electron chi connectivity index (χ0n) is 39.6. The van der Waals surface area contributed by atoms with E-state index in [1.807, 2.05) is 11.3 Å². The molecule has 14 rings (SSSR count). The Morgan fingerprint density at radius 3 is 2.12 bits per heavy atom. The molecule has 5 heterocycles. The normalized spacial score (nSPS) is 15.2. The molecule has 1 N–H and O–H groups in total. The second-order valence-electron chi connectivity index (χ2n) is 22.1. The van der Waals surface area contributed by atoms with Gasteiger partial charge in [-0.2, -0.15) is 0 Å². The number of benzene rings is 8. The molecular weight excluding hydrogens is 848 g/mol. The van der Waals surface area contributed by atoms with E-state index in [1.54, 1.807) is 0 Å². The molecule has 4 aromatic heterocycles. The van der Waals surface area contributed by atoms with Crippen molar-refractivity contribution in [2.24, 2.45) is 0 Å². The van der Waals surface area contributed by atoms with Crippen molar-refractivity contribution in [1.82, 2.24) is 4.57 Å². The largest absolute Gasteiger partial charge is 0.456 e. The number of rotatable bonds is 4. The van der Waals surface area contributed by atoms with E-state index in [0.29, 0.717) is 0 Å². The third kappa shape index (κ3) is 5.86. The summed E-state index contributed by atoms with van der Waals surface area (Å²) < 4.78 is 18.8. The molecule has 0 fully saturated rings. The van der Waals surface area contributed by atoms with Crippen molar-refractivity contribution >= 4 is 116 Å². The molecule has 0 amide bonds. The molecule has 0 bridgehead atoms. The predicted molar refractivity (Wildman–Crippen MR) is 292 cm³/mol. The third-order valence-corrected chi connectivity index (χ3v) is 17.0. The summed E-state index contributed by atoms with van der Waals surface area (Å²) in [5.74, 6) is 0.884. The minimum absolute atomic E-state index is 0.0541. The first-order chi connectivity index (χ1) is 32.8. The molecule has 0 unspecified atom stereocenters. The van der Waals surface area contributed by atoms with Crippen LogP contribution in [0.4, 0.5) is 11.4 Å². The van der Waals surface area contributed by atoms with Crippen molar-refractivity contribution in [3.05, 3.63) is 162 Å². The lowest BCUT2D eigenvalue weighted by Gasteiger charge is -2.41. The van der Waals surface area contributed by atoms with Gasteiger partial charge in [0.1, 0.15) is 22.5 Å². The molecule has 68 heavy (non-hydrogen) atoms. The summed E-state index contributed by atoms with van der Waals surface area (Å²) in [7, 11) is 0.758. The maximum absolute atomic E-state index is 6.94. The Balaban J connectivity index is 1.05. The fourth-order valence-corrected chi connectivity index (χ4v) is 13.0. The standard InChI is InChI=1S/C62H51BN2O2S/c1-60(2,3)36-17-19-37(20-18-36)64-49-33-55-43(44-28-46-47(31-54(44)67-55)62(6,7)24-23-61(46,4)5)27-41(49)39-21-22-40-42-30-57-45(38-15-11-12-16-56(38)68-57)29-50(42)65-51-25-35-26-52(34-13-9-8-10-14-34)66-53(35)32-48(51)63-58(39)59(40)65/h8-22,25-33,63-64H,23-24H2,1-7H3. The van der Waals surface area contributed by atoms with Crippen LogP contribution in [0.1, 0.15) is 78.0 Å². The Labute approximate surface area is 400 Å². The third-order valence-electron chi connectivity index (χ3n) is 15.8. The average molecular weight is 899 g/mol. The zero-order chi connectivity index (χ0) is 46.0. The van der Waals surface area contributed by atoms with Crippen molar-refractivity contribution < 1.29 is 8.83 Å². The van der Waals surface area contributed by atoms with Crippen LogP contribution in [0.5, 0.6) is 0 Å². The summed E-state index contributed by atoms with van der Waals surface area (Å²) in [5.41, 5.74) is 18.9. The van der Waals surface area contributed by atoms with Gasteiger partial charge < -0.3 is 18.7 Å². The summed E-state index contributed by atoms with van der Waals surface area (Å²) in [6.07, 6.45) is 2.32. The van der Waals surface area contributed by atoms with E-state index in [0.717, 1.165) is 75.9 Å². The van der Waals surface area contributed by atoms with Gasteiger partial charge in [0.05, 0.1) is 11.2 Å². The Hall–Kier alpha value is -7.02. The quantitative estimate of drug-likeness (QED) is 0.179. The van der Waals surface area contributed by atoms with Gasteiger partial charge in [-0.15, -0.1) is 11.3 Å². The van der Waals surface area contributed by atoms with E-state index in [9.17, 15) is 0 Å². The molecule has 6 heteroatoms. The van der Waals surface area contributed by atoms with E-state index in [1.165, 1.54) is 86.2 Å². The smallest absolute Gasteiger partial charge is 0.198 e. The molecule has 12 aromatic rings.